The number of hydrogen-bond acceptors (Lipinski definition) is 5. The van der Waals surface area contributed by atoms with Crippen molar-refractivity contribution >= 4 is 53.7 Å². The van der Waals surface area contributed by atoms with Crippen molar-refractivity contribution in [1.82, 2.24) is 19.5 Å². The molecule has 250 valence electrons. The summed E-state index contributed by atoms with van der Waals surface area (Å²) in [4.78, 5) is 13.9. The third-order valence-electron chi connectivity index (χ3n) is 8.87. The second-order valence-corrected chi connectivity index (χ2v) is 12.3. The van der Waals surface area contributed by atoms with E-state index in [1.54, 1.807) is 0 Å². The highest BCUT2D eigenvalue weighted by molar-refractivity contribution is 6.30. The largest absolute Gasteiger partial charge is 0.631 e. The SMILES string of the molecule is C1=Cc2cc3c(-c4ccccc4)c(-c4ccccc4)c(c(-c4ccccc4)c4nc(cc5ccc(cc1n2)[nH]5)C=C4)n3-c1ccccc1.OB(O)O. The van der Waals surface area contributed by atoms with Gasteiger partial charge in [-0.1, -0.05) is 109 Å². The fraction of sp³-hybridized carbons (Fsp3) is 0. The Kier molecular flexibility index (Phi) is 9.00. The van der Waals surface area contributed by atoms with Crippen molar-refractivity contribution in [3.8, 4) is 39.1 Å². The molecule has 2 aliphatic heterocycles. The van der Waals surface area contributed by atoms with Crippen LogP contribution < -0.4 is 0 Å². The first-order valence-electron chi connectivity index (χ1n) is 16.9. The Balaban J connectivity index is 0.000000922. The van der Waals surface area contributed by atoms with E-state index in [-0.39, 0.29) is 0 Å². The van der Waals surface area contributed by atoms with Gasteiger partial charge in [0.1, 0.15) is 0 Å². The lowest BCUT2D eigenvalue weighted by Crippen LogP contribution is -2.07. The second-order valence-electron chi connectivity index (χ2n) is 12.3. The van der Waals surface area contributed by atoms with Crippen molar-refractivity contribution in [1.29, 1.82) is 0 Å². The molecule has 0 spiro atoms. The van der Waals surface area contributed by atoms with Crippen LogP contribution in [0.3, 0.4) is 0 Å². The number of aromatic nitrogens is 4. The summed E-state index contributed by atoms with van der Waals surface area (Å²) in [5.41, 5.74) is 15.4. The molecule has 0 saturated heterocycles. The molecule has 2 aliphatic rings. The van der Waals surface area contributed by atoms with Crippen molar-refractivity contribution in [2.24, 2.45) is 0 Å². The minimum Gasteiger partial charge on any atom is -0.402 e. The Labute approximate surface area is 301 Å². The Bertz CT molecular complexity index is 2600. The van der Waals surface area contributed by atoms with Crippen LogP contribution in [0.25, 0.3) is 85.4 Å². The molecule has 0 amide bonds. The number of hydrogen-bond donors (Lipinski definition) is 4. The normalized spacial score (nSPS) is 11.6. The van der Waals surface area contributed by atoms with E-state index in [1.165, 1.54) is 0 Å². The summed E-state index contributed by atoms with van der Waals surface area (Å²) in [6.07, 6.45) is 8.44. The smallest absolute Gasteiger partial charge is 0.402 e. The molecule has 5 heterocycles. The van der Waals surface area contributed by atoms with Crippen molar-refractivity contribution < 1.29 is 15.1 Å². The van der Waals surface area contributed by atoms with Gasteiger partial charge in [0.2, 0.25) is 0 Å². The average Bonchev–Trinajstić information content (AvgIpc) is 3.98. The summed E-state index contributed by atoms with van der Waals surface area (Å²) in [5, 5.41) is 21.5. The highest BCUT2D eigenvalue weighted by atomic mass is 16.5. The van der Waals surface area contributed by atoms with Gasteiger partial charge < -0.3 is 24.6 Å². The zero-order valence-corrected chi connectivity index (χ0v) is 28.0. The van der Waals surface area contributed by atoms with Crippen LogP contribution in [-0.2, 0) is 0 Å². The Morgan fingerprint density at radius 2 is 0.904 bits per heavy atom. The molecule has 7 aromatic rings. The maximum absolute atomic E-state index is 7.17. The van der Waals surface area contributed by atoms with Gasteiger partial charge >= 0.3 is 7.32 Å². The first-order chi connectivity index (χ1) is 25.5. The van der Waals surface area contributed by atoms with Crippen molar-refractivity contribution in [3.05, 3.63) is 174 Å². The number of nitrogens with one attached hydrogen (secondary N) is 1. The number of fused-ring (bicyclic) bond motifs is 8. The lowest BCUT2D eigenvalue weighted by Gasteiger charge is -2.13. The number of benzene rings is 4. The summed E-state index contributed by atoms with van der Waals surface area (Å²) in [6.45, 7) is 0. The van der Waals surface area contributed by atoms with Gasteiger partial charge in [0.25, 0.3) is 0 Å². The van der Waals surface area contributed by atoms with Crippen molar-refractivity contribution in [2.75, 3.05) is 0 Å². The summed E-state index contributed by atoms with van der Waals surface area (Å²) in [5.74, 6) is 0. The number of nitrogens with zero attached hydrogens (tertiary/aromatic N) is 3. The zero-order chi connectivity index (χ0) is 35.4. The molecule has 3 aromatic heterocycles. The van der Waals surface area contributed by atoms with E-state index in [0.717, 1.165) is 83.9 Å². The zero-order valence-electron chi connectivity index (χ0n) is 28.0. The number of H-pyrrole nitrogens is 1. The van der Waals surface area contributed by atoms with Gasteiger partial charge in [0.05, 0.1) is 33.8 Å². The second kappa shape index (κ2) is 14.3. The molecule has 0 unspecified atom stereocenters. The standard InChI is InChI=1S/C44H30N4.BH3O3/c1-5-13-30(14-6-1)41-39-26-25-36(47-39)28-35-22-21-33(45-35)27-34-23-24-37(46-34)29-40-42(31-15-7-2-8-16-31)43(32-17-9-3-10-18-32)44(41)48(40)38-19-11-4-12-20-38;2-1(3)4/h1-29,45H;2-4H. The molecule has 0 atom stereocenters. The van der Waals surface area contributed by atoms with E-state index >= 15 is 0 Å². The maximum Gasteiger partial charge on any atom is 0.631 e. The third-order valence-corrected chi connectivity index (χ3v) is 8.87. The molecular weight excluding hydrogens is 643 g/mol. The molecule has 0 fully saturated rings. The van der Waals surface area contributed by atoms with Gasteiger partial charge in [0, 0.05) is 33.4 Å². The van der Waals surface area contributed by atoms with E-state index in [9.17, 15) is 0 Å². The molecular formula is C44H33BN4O3. The fourth-order valence-corrected chi connectivity index (χ4v) is 6.81. The average molecular weight is 677 g/mol. The van der Waals surface area contributed by atoms with Gasteiger partial charge in [-0.2, -0.15) is 0 Å². The molecule has 7 nitrogen and oxygen atoms in total. The Morgan fingerprint density at radius 3 is 1.46 bits per heavy atom. The first-order valence-corrected chi connectivity index (χ1v) is 16.9. The van der Waals surface area contributed by atoms with Crippen LogP contribution in [-0.4, -0.2) is 41.9 Å². The topological polar surface area (TPSA) is 107 Å². The lowest BCUT2D eigenvalue weighted by atomic mass is 9.93. The Morgan fingerprint density at radius 1 is 0.462 bits per heavy atom. The summed E-state index contributed by atoms with van der Waals surface area (Å²) in [7, 11) is -2.17. The maximum atomic E-state index is 7.17. The molecule has 52 heavy (non-hydrogen) atoms. The van der Waals surface area contributed by atoms with Crippen LogP contribution in [0.5, 0.6) is 0 Å². The fourth-order valence-electron chi connectivity index (χ4n) is 6.81. The minimum absolute atomic E-state index is 0.889. The molecule has 9 rings (SSSR count). The van der Waals surface area contributed by atoms with Gasteiger partial charge in [-0.3, -0.25) is 0 Å². The number of para-hydroxylation sites is 1. The Hall–Kier alpha value is -6.58. The van der Waals surface area contributed by atoms with Crippen LogP contribution in [0.2, 0.25) is 0 Å². The van der Waals surface area contributed by atoms with E-state index < -0.39 is 7.32 Å². The van der Waals surface area contributed by atoms with Crippen LogP contribution in [0, 0.1) is 0 Å². The molecule has 0 radical (unpaired) electrons. The predicted octanol–water partition coefficient (Wildman–Crippen LogP) is 9.07. The molecule has 0 saturated carbocycles. The highest BCUT2D eigenvalue weighted by Gasteiger charge is 2.25. The predicted molar refractivity (Wildman–Crippen MR) is 213 cm³/mol. The van der Waals surface area contributed by atoms with E-state index in [1.807, 2.05) is 0 Å². The van der Waals surface area contributed by atoms with E-state index in [4.69, 9.17) is 25.0 Å². The molecule has 0 aliphatic carbocycles. The minimum atomic E-state index is -2.17. The van der Waals surface area contributed by atoms with Gasteiger partial charge in [-0.05, 0) is 83.5 Å². The van der Waals surface area contributed by atoms with Crippen molar-refractivity contribution in [3.63, 3.8) is 0 Å². The van der Waals surface area contributed by atoms with Crippen LogP contribution >= 0.6 is 0 Å². The summed E-state index contributed by atoms with van der Waals surface area (Å²) < 4.78 is 2.41. The summed E-state index contributed by atoms with van der Waals surface area (Å²) in [6, 6.07) is 53.3. The molecule has 4 aromatic carbocycles. The summed E-state index contributed by atoms with van der Waals surface area (Å²) >= 11 is 0. The molecule has 4 N–H and O–H groups in total. The third kappa shape index (κ3) is 6.65. The lowest BCUT2D eigenvalue weighted by molar-refractivity contribution is 0.278. The van der Waals surface area contributed by atoms with E-state index in [2.05, 4.69) is 186 Å². The van der Waals surface area contributed by atoms with Gasteiger partial charge in [-0.15, -0.1) is 0 Å². The molecule has 8 bridgehead atoms. The van der Waals surface area contributed by atoms with Crippen LogP contribution in [0.1, 0.15) is 22.8 Å². The van der Waals surface area contributed by atoms with Crippen LogP contribution in [0.15, 0.2) is 152 Å². The first kappa shape index (κ1) is 32.6. The highest BCUT2D eigenvalue weighted by Crippen LogP contribution is 2.47. The number of aromatic amines is 1. The molecule has 8 heteroatoms. The van der Waals surface area contributed by atoms with Gasteiger partial charge in [-0.25, -0.2) is 9.97 Å². The monoisotopic (exact) mass is 676 g/mol. The van der Waals surface area contributed by atoms with Crippen molar-refractivity contribution in [2.45, 2.75) is 0 Å². The van der Waals surface area contributed by atoms with Crippen LogP contribution in [0.4, 0.5) is 0 Å². The quantitative estimate of drug-likeness (QED) is 0.139. The van der Waals surface area contributed by atoms with Gasteiger partial charge in [0.15, 0.2) is 0 Å². The van der Waals surface area contributed by atoms with E-state index in [0.29, 0.717) is 0 Å². The number of rotatable bonds is 4.